The van der Waals surface area contributed by atoms with Crippen LogP contribution in [0.15, 0.2) is 18.2 Å². The lowest BCUT2D eigenvalue weighted by Gasteiger charge is -2.14. The fourth-order valence-corrected chi connectivity index (χ4v) is 3.55. The van der Waals surface area contributed by atoms with Crippen molar-refractivity contribution in [2.45, 2.75) is 30.6 Å². The van der Waals surface area contributed by atoms with E-state index < -0.39 is 0 Å². The summed E-state index contributed by atoms with van der Waals surface area (Å²) in [6.45, 7) is 0. The van der Waals surface area contributed by atoms with Gasteiger partial charge in [0, 0.05) is 20.9 Å². The number of nitro groups is 1. The van der Waals surface area contributed by atoms with Crippen LogP contribution in [0, 0.1) is 13.7 Å². The molecular weight excluding hydrogens is 363 g/mol. The molecule has 1 aliphatic carbocycles. The first-order valence-corrected chi connectivity index (χ1v) is 8.20. The van der Waals surface area contributed by atoms with E-state index in [4.69, 9.17) is 0 Å². The van der Waals surface area contributed by atoms with Crippen molar-refractivity contribution in [3.05, 3.63) is 31.9 Å². The molecule has 0 spiro atoms. The Bertz CT molecular complexity index is 456. The zero-order valence-corrected chi connectivity index (χ0v) is 13.0. The summed E-state index contributed by atoms with van der Waals surface area (Å²) in [5, 5.41) is 15.0. The van der Waals surface area contributed by atoms with Gasteiger partial charge in [0.25, 0.3) is 5.69 Å². The topological polar surface area (TPSA) is 55.2 Å². The molecule has 0 amide bonds. The molecule has 0 aliphatic heterocycles. The van der Waals surface area contributed by atoms with Gasteiger partial charge in [-0.3, -0.25) is 10.1 Å². The predicted molar refractivity (Wildman–Crippen MR) is 84.4 cm³/mol. The van der Waals surface area contributed by atoms with Crippen LogP contribution in [0.25, 0.3) is 0 Å². The van der Waals surface area contributed by atoms with E-state index in [1.807, 2.05) is 23.9 Å². The molecule has 6 heteroatoms. The lowest BCUT2D eigenvalue weighted by atomic mass is 10.2. The van der Waals surface area contributed by atoms with Crippen molar-refractivity contribution in [3.63, 3.8) is 0 Å². The summed E-state index contributed by atoms with van der Waals surface area (Å²) >= 11 is 3.98. The first-order chi connectivity index (χ1) is 8.60. The number of rotatable bonds is 4. The van der Waals surface area contributed by atoms with Gasteiger partial charge in [-0.25, -0.2) is 0 Å². The van der Waals surface area contributed by atoms with Gasteiger partial charge in [0.05, 0.1) is 4.92 Å². The third kappa shape index (κ3) is 3.28. The largest absolute Gasteiger partial charge is 0.377 e. The lowest BCUT2D eigenvalue weighted by molar-refractivity contribution is -0.384. The maximum absolute atomic E-state index is 11.0. The Kier molecular flexibility index (Phi) is 4.71. The summed E-state index contributed by atoms with van der Waals surface area (Å²) in [6, 6.07) is 5.69. The van der Waals surface area contributed by atoms with Crippen LogP contribution in [-0.2, 0) is 0 Å². The molecule has 1 saturated carbocycles. The molecule has 0 radical (unpaired) electrons. The van der Waals surface area contributed by atoms with Crippen LogP contribution in [0.5, 0.6) is 0 Å². The summed E-state index contributed by atoms with van der Waals surface area (Å²) in [6.07, 6.45) is 5.50. The van der Waals surface area contributed by atoms with E-state index in [2.05, 4.69) is 34.2 Å². The molecular formula is C12H15IN2O2S. The van der Waals surface area contributed by atoms with Gasteiger partial charge < -0.3 is 5.32 Å². The molecule has 4 nitrogen and oxygen atoms in total. The van der Waals surface area contributed by atoms with Crippen molar-refractivity contribution in [2.24, 2.45) is 0 Å². The Balaban J connectivity index is 2.12. The molecule has 1 aromatic carbocycles. The van der Waals surface area contributed by atoms with Crippen molar-refractivity contribution >= 4 is 45.7 Å². The number of hydrogen-bond donors (Lipinski definition) is 1. The first-order valence-electron chi connectivity index (χ1n) is 5.83. The molecule has 98 valence electrons. The number of halogens is 1. The van der Waals surface area contributed by atoms with Gasteiger partial charge in [-0.2, -0.15) is 11.8 Å². The third-order valence-electron chi connectivity index (χ3n) is 3.23. The van der Waals surface area contributed by atoms with Crippen LogP contribution in [0.2, 0.25) is 0 Å². The molecule has 18 heavy (non-hydrogen) atoms. The summed E-state index contributed by atoms with van der Waals surface area (Å²) < 4.78 is 0.887. The van der Waals surface area contributed by atoms with Crippen LogP contribution in [0.4, 0.5) is 11.4 Å². The van der Waals surface area contributed by atoms with E-state index in [9.17, 15) is 10.1 Å². The van der Waals surface area contributed by atoms with E-state index in [1.165, 1.54) is 6.42 Å². The Hall–Kier alpha value is -0.500. The van der Waals surface area contributed by atoms with Gasteiger partial charge in [0.1, 0.15) is 5.69 Å². The van der Waals surface area contributed by atoms with Gasteiger partial charge >= 0.3 is 0 Å². The number of nitrogens with zero attached hydrogens (tertiary/aromatic N) is 1. The fourth-order valence-electron chi connectivity index (χ4n) is 2.28. The van der Waals surface area contributed by atoms with Crippen molar-refractivity contribution in [3.8, 4) is 0 Å². The van der Waals surface area contributed by atoms with Crippen LogP contribution in [-0.4, -0.2) is 22.5 Å². The zero-order chi connectivity index (χ0) is 13.1. The molecule has 2 atom stereocenters. The minimum atomic E-state index is -0.314. The molecule has 0 bridgehead atoms. The highest BCUT2D eigenvalue weighted by Gasteiger charge is 2.25. The number of anilines is 1. The van der Waals surface area contributed by atoms with Crippen molar-refractivity contribution in [1.29, 1.82) is 0 Å². The van der Waals surface area contributed by atoms with E-state index >= 15 is 0 Å². The Morgan fingerprint density at radius 1 is 1.50 bits per heavy atom. The SMILES string of the molecule is CSC1CCC(Nc2ccc(I)cc2[N+](=O)[O-])C1. The van der Waals surface area contributed by atoms with Crippen LogP contribution < -0.4 is 5.32 Å². The second kappa shape index (κ2) is 6.10. The van der Waals surface area contributed by atoms with Crippen molar-refractivity contribution < 1.29 is 4.92 Å². The average molecular weight is 378 g/mol. The van der Waals surface area contributed by atoms with Crippen LogP contribution in [0.1, 0.15) is 19.3 Å². The quantitative estimate of drug-likeness (QED) is 0.491. The number of nitro benzene ring substituents is 1. The van der Waals surface area contributed by atoms with E-state index in [0.29, 0.717) is 17.0 Å². The maximum Gasteiger partial charge on any atom is 0.293 e. The van der Waals surface area contributed by atoms with Gasteiger partial charge in [-0.15, -0.1) is 0 Å². The second-order valence-electron chi connectivity index (χ2n) is 4.43. The molecule has 1 aliphatic rings. The van der Waals surface area contributed by atoms with Crippen LogP contribution in [0.3, 0.4) is 0 Å². The maximum atomic E-state index is 11.0. The standard InChI is InChI=1S/C12H15IN2O2S/c1-18-10-4-3-9(7-10)14-11-5-2-8(13)6-12(11)15(16)17/h2,5-6,9-10,14H,3-4,7H2,1H3. The normalized spacial score (nSPS) is 23.0. The van der Waals surface area contributed by atoms with Gasteiger partial charge in [-0.05, 0) is 60.2 Å². The highest BCUT2D eigenvalue weighted by Crippen LogP contribution is 2.33. The molecule has 0 heterocycles. The number of hydrogen-bond acceptors (Lipinski definition) is 4. The zero-order valence-electron chi connectivity index (χ0n) is 10.1. The lowest BCUT2D eigenvalue weighted by Crippen LogP contribution is -2.16. The van der Waals surface area contributed by atoms with E-state index in [1.54, 1.807) is 6.07 Å². The smallest absolute Gasteiger partial charge is 0.293 e. The summed E-state index contributed by atoms with van der Waals surface area (Å²) in [5.41, 5.74) is 0.821. The Morgan fingerprint density at radius 3 is 2.89 bits per heavy atom. The highest BCUT2D eigenvalue weighted by atomic mass is 127. The molecule has 0 aromatic heterocycles. The van der Waals surface area contributed by atoms with Gasteiger partial charge in [0.2, 0.25) is 0 Å². The number of nitrogens with one attached hydrogen (secondary N) is 1. The van der Waals surface area contributed by atoms with Crippen molar-refractivity contribution in [1.82, 2.24) is 0 Å². The minimum Gasteiger partial charge on any atom is -0.377 e. The van der Waals surface area contributed by atoms with Crippen LogP contribution >= 0.6 is 34.4 Å². The third-order valence-corrected chi connectivity index (χ3v) is 5.00. The highest BCUT2D eigenvalue weighted by molar-refractivity contribution is 14.1. The van der Waals surface area contributed by atoms with E-state index in [-0.39, 0.29) is 10.6 Å². The predicted octanol–water partition coefficient (Wildman–Crippen LogP) is 3.90. The summed E-state index contributed by atoms with van der Waals surface area (Å²) in [7, 11) is 0. The molecule has 2 unspecified atom stereocenters. The second-order valence-corrected chi connectivity index (χ2v) is 6.81. The molecule has 1 fully saturated rings. The number of thioether (sulfide) groups is 1. The van der Waals surface area contributed by atoms with Crippen molar-refractivity contribution in [2.75, 3.05) is 11.6 Å². The first kappa shape index (κ1) is 13.9. The molecule has 2 rings (SSSR count). The van der Waals surface area contributed by atoms with Gasteiger partial charge in [-0.1, -0.05) is 0 Å². The Morgan fingerprint density at radius 2 is 2.28 bits per heavy atom. The summed E-state index contributed by atoms with van der Waals surface area (Å²) in [4.78, 5) is 10.7. The number of benzene rings is 1. The molecule has 1 aromatic rings. The minimum absolute atomic E-state index is 0.175. The average Bonchev–Trinajstić information content (AvgIpc) is 2.79. The fraction of sp³-hybridized carbons (Fsp3) is 0.500. The summed E-state index contributed by atoms with van der Waals surface area (Å²) in [5.74, 6) is 0. The Labute approximate surface area is 124 Å². The molecule has 1 N–H and O–H groups in total. The van der Waals surface area contributed by atoms with E-state index in [0.717, 1.165) is 16.4 Å². The van der Waals surface area contributed by atoms with Gasteiger partial charge in [0.15, 0.2) is 0 Å². The monoisotopic (exact) mass is 378 g/mol. The molecule has 0 saturated heterocycles.